The topological polar surface area (TPSA) is 36.7 Å². The molecule has 0 unspecified atom stereocenters. The Labute approximate surface area is 113 Å². The number of hydrogen-bond donors (Lipinski definition) is 0. The first-order valence-corrected chi connectivity index (χ1v) is 6.36. The van der Waals surface area contributed by atoms with Crippen LogP contribution < -0.4 is 0 Å². The highest BCUT2D eigenvalue weighted by atomic mass is 35.5. The molecule has 0 amide bonds. The number of nitrogens with zero attached hydrogens (tertiary/aromatic N) is 2. The van der Waals surface area contributed by atoms with Crippen LogP contribution in [0, 0.1) is 24.1 Å². The Balaban J connectivity index is 2.52. The van der Waals surface area contributed by atoms with Gasteiger partial charge in [0.2, 0.25) is 0 Å². The maximum absolute atomic E-state index is 13.6. The quantitative estimate of drug-likeness (QED) is 0.768. The van der Waals surface area contributed by atoms with Crippen LogP contribution in [-0.4, -0.2) is 4.98 Å². The molecular formula is C13H8ClFN2S. The van der Waals surface area contributed by atoms with E-state index in [4.69, 9.17) is 16.9 Å². The Morgan fingerprint density at radius 2 is 2.33 bits per heavy atom. The highest BCUT2D eigenvalue weighted by molar-refractivity contribution is 7.11. The van der Waals surface area contributed by atoms with Crippen LogP contribution in [0.25, 0.3) is 11.6 Å². The van der Waals surface area contributed by atoms with Gasteiger partial charge in [-0.1, -0.05) is 17.7 Å². The number of aromatic nitrogens is 1. The molecule has 0 aliphatic heterocycles. The Kier molecular flexibility index (Phi) is 3.75. The predicted molar refractivity (Wildman–Crippen MR) is 71.7 cm³/mol. The second-order valence-corrected chi connectivity index (χ2v) is 4.86. The van der Waals surface area contributed by atoms with Gasteiger partial charge >= 0.3 is 0 Å². The Morgan fingerprint density at radius 3 is 2.89 bits per heavy atom. The Hall–Kier alpha value is -1.70. The van der Waals surface area contributed by atoms with Gasteiger partial charge in [0.1, 0.15) is 16.9 Å². The largest absolute Gasteiger partial charge is 0.241 e. The number of halogens is 2. The molecule has 1 aromatic heterocycles. The third-order valence-corrected chi connectivity index (χ3v) is 3.58. The fourth-order valence-corrected chi connectivity index (χ4v) is 2.39. The van der Waals surface area contributed by atoms with E-state index in [2.05, 4.69) is 4.98 Å². The monoisotopic (exact) mass is 278 g/mol. The smallest absolute Gasteiger partial charge is 0.134 e. The van der Waals surface area contributed by atoms with E-state index in [1.54, 1.807) is 6.07 Å². The normalized spacial score (nSPS) is 11.3. The molecule has 0 saturated heterocycles. The minimum absolute atomic E-state index is 0.212. The van der Waals surface area contributed by atoms with E-state index in [0.29, 0.717) is 10.6 Å². The van der Waals surface area contributed by atoms with Crippen LogP contribution in [0.5, 0.6) is 0 Å². The third kappa shape index (κ3) is 2.58. The molecule has 90 valence electrons. The van der Waals surface area contributed by atoms with Crippen LogP contribution in [0.3, 0.4) is 0 Å². The number of hydrogen-bond acceptors (Lipinski definition) is 3. The highest BCUT2D eigenvalue weighted by Gasteiger charge is 2.09. The van der Waals surface area contributed by atoms with Gasteiger partial charge in [0.05, 0.1) is 10.6 Å². The molecule has 0 saturated carbocycles. The zero-order valence-electron chi connectivity index (χ0n) is 9.45. The molecule has 2 rings (SSSR count). The minimum Gasteiger partial charge on any atom is -0.241 e. The first-order chi connectivity index (χ1) is 8.61. The molecule has 18 heavy (non-hydrogen) atoms. The Bertz CT molecular complexity index is 635. The molecule has 0 bridgehead atoms. The summed E-state index contributed by atoms with van der Waals surface area (Å²) in [5.74, 6) is -0.455. The first-order valence-electron chi connectivity index (χ1n) is 5.10. The summed E-state index contributed by atoms with van der Waals surface area (Å²) in [6.45, 7) is 1.84. The van der Waals surface area contributed by atoms with E-state index in [0.717, 1.165) is 5.69 Å². The summed E-state index contributed by atoms with van der Waals surface area (Å²) in [6, 6.07) is 6.43. The summed E-state index contributed by atoms with van der Waals surface area (Å²) in [4.78, 5) is 4.20. The van der Waals surface area contributed by atoms with Gasteiger partial charge in [-0.05, 0) is 25.1 Å². The average molecular weight is 279 g/mol. The number of rotatable bonds is 2. The zero-order chi connectivity index (χ0) is 13.1. The van der Waals surface area contributed by atoms with Crippen molar-refractivity contribution >= 4 is 34.6 Å². The van der Waals surface area contributed by atoms with Gasteiger partial charge in [0.15, 0.2) is 0 Å². The zero-order valence-corrected chi connectivity index (χ0v) is 11.0. The van der Waals surface area contributed by atoms with Gasteiger partial charge in [-0.15, -0.1) is 11.3 Å². The van der Waals surface area contributed by atoms with Crippen molar-refractivity contribution in [3.63, 3.8) is 0 Å². The van der Waals surface area contributed by atoms with Crippen molar-refractivity contribution in [2.75, 3.05) is 0 Å². The second-order valence-electron chi connectivity index (χ2n) is 3.60. The fraction of sp³-hybridized carbons (Fsp3) is 0.0769. The predicted octanol–water partition coefficient (Wildman–Crippen LogP) is 4.31. The number of aryl methyl sites for hydroxylation is 1. The summed E-state index contributed by atoms with van der Waals surface area (Å²) in [7, 11) is 0. The van der Waals surface area contributed by atoms with Crippen LogP contribution in [-0.2, 0) is 0 Å². The molecule has 5 heteroatoms. The van der Waals surface area contributed by atoms with E-state index >= 15 is 0 Å². The molecule has 1 heterocycles. The van der Waals surface area contributed by atoms with Gasteiger partial charge in [0, 0.05) is 16.6 Å². The molecule has 0 aliphatic carbocycles. The molecule has 1 aromatic carbocycles. The molecule has 0 fully saturated rings. The second kappa shape index (κ2) is 5.30. The summed E-state index contributed by atoms with van der Waals surface area (Å²) in [5.41, 5.74) is 1.35. The molecule has 2 nitrogen and oxygen atoms in total. The van der Waals surface area contributed by atoms with Crippen molar-refractivity contribution in [1.82, 2.24) is 4.98 Å². The molecule has 0 N–H and O–H groups in total. The average Bonchev–Trinajstić information content (AvgIpc) is 2.76. The van der Waals surface area contributed by atoms with E-state index in [1.165, 1.54) is 29.5 Å². The number of nitriles is 1. The molecular weight excluding hydrogens is 271 g/mol. The van der Waals surface area contributed by atoms with Gasteiger partial charge < -0.3 is 0 Å². The molecule has 0 atom stereocenters. The summed E-state index contributed by atoms with van der Waals surface area (Å²) >= 11 is 7.26. The summed E-state index contributed by atoms with van der Waals surface area (Å²) < 4.78 is 13.6. The highest BCUT2D eigenvalue weighted by Crippen LogP contribution is 2.26. The van der Waals surface area contributed by atoms with Gasteiger partial charge in [-0.2, -0.15) is 5.26 Å². The number of thiazole rings is 1. The van der Waals surface area contributed by atoms with E-state index in [1.807, 2.05) is 18.4 Å². The summed E-state index contributed by atoms with van der Waals surface area (Å²) in [5, 5.41) is 11.8. The van der Waals surface area contributed by atoms with Crippen LogP contribution in [0.15, 0.2) is 23.6 Å². The lowest BCUT2D eigenvalue weighted by atomic mass is 10.1. The Morgan fingerprint density at radius 1 is 1.56 bits per heavy atom. The van der Waals surface area contributed by atoms with Crippen LogP contribution in [0.2, 0.25) is 5.02 Å². The van der Waals surface area contributed by atoms with Crippen LogP contribution in [0.1, 0.15) is 16.3 Å². The first kappa shape index (κ1) is 12.7. The molecule has 0 spiro atoms. The van der Waals surface area contributed by atoms with Crippen molar-refractivity contribution in [2.24, 2.45) is 0 Å². The third-order valence-electron chi connectivity index (χ3n) is 2.26. The summed E-state index contributed by atoms with van der Waals surface area (Å²) in [6.07, 6.45) is 1.43. The SMILES string of the molecule is Cc1csc(/C(C#N)=C/c2c(F)cccc2Cl)n1. The van der Waals surface area contributed by atoms with E-state index < -0.39 is 5.82 Å². The fourth-order valence-electron chi connectivity index (χ4n) is 1.41. The lowest BCUT2D eigenvalue weighted by molar-refractivity contribution is 0.625. The van der Waals surface area contributed by atoms with Gasteiger partial charge in [0.25, 0.3) is 0 Å². The lowest BCUT2D eigenvalue weighted by Gasteiger charge is -2.00. The van der Waals surface area contributed by atoms with Gasteiger partial charge in [-0.25, -0.2) is 9.37 Å². The van der Waals surface area contributed by atoms with Crippen LogP contribution >= 0.6 is 22.9 Å². The number of benzene rings is 1. The lowest BCUT2D eigenvalue weighted by Crippen LogP contribution is -1.86. The van der Waals surface area contributed by atoms with Crippen molar-refractivity contribution in [3.8, 4) is 6.07 Å². The van der Waals surface area contributed by atoms with Crippen molar-refractivity contribution in [3.05, 3.63) is 50.7 Å². The van der Waals surface area contributed by atoms with Crippen molar-refractivity contribution < 1.29 is 4.39 Å². The molecule has 0 aliphatic rings. The van der Waals surface area contributed by atoms with Crippen LogP contribution in [0.4, 0.5) is 4.39 Å². The van der Waals surface area contributed by atoms with Crippen molar-refractivity contribution in [2.45, 2.75) is 6.92 Å². The van der Waals surface area contributed by atoms with Gasteiger partial charge in [-0.3, -0.25) is 0 Å². The minimum atomic E-state index is -0.455. The van der Waals surface area contributed by atoms with E-state index in [9.17, 15) is 4.39 Å². The standard InChI is InChI=1S/C13H8ClFN2S/c1-8-7-18-13(17-8)9(6-16)5-10-11(14)3-2-4-12(10)15/h2-5,7H,1H3/b9-5+. The molecule has 2 aromatic rings. The van der Waals surface area contributed by atoms with E-state index in [-0.39, 0.29) is 10.6 Å². The maximum atomic E-state index is 13.6. The molecule has 0 radical (unpaired) electrons. The number of allylic oxidation sites excluding steroid dienone is 1. The van der Waals surface area contributed by atoms with Crippen molar-refractivity contribution in [1.29, 1.82) is 5.26 Å². The maximum Gasteiger partial charge on any atom is 0.134 e.